The number of aliphatic hydroxyl groups is 1. The monoisotopic (exact) mass is 507 g/mol. The van der Waals surface area contributed by atoms with Crippen molar-refractivity contribution in [2.75, 3.05) is 5.65 Å². The summed E-state index contributed by atoms with van der Waals surface area (Å²) in [6, 6.07) is 0. The van der Waals surface area contributed by atoms with Gasteiger partial charge in [-0.25, -0.2) is 0 Å². The Morgan fingerprint density at radius 3 is 2.68 bits per heavy atom. The molecule has 0 bridgehead atoms. The van der Waals surface area contributed by atoms with E-state index in [2.05, 4.69) is 13.8 Å². The molecule has 8 heteroatoms. The van der Waals surface area contributed by atoms with Gasteiger partial charge >= 0.3 is 6.18 Å². The average Bonchev–Trinajstić information content (AvgIpc) is 3.18. The summed E-state index contributed by atoms with van der Waals surface area (Å²) in [5.41, 5.74) is 0.445. The first-order valence-electron chi connectivity index (χ1n) is 14.7. The lowest BCUT2D eigenvalue weighted by atomic mass is 9.44. The van der Waals surface area contributed by atoms with E-state index in [4.69, 9.17) is 13.4 Å². The van der Waals surface area contributed by atoms with Gasteiger partial charge in [-0.1, -0.05) is 20.8 Å². The second-order valence-electron chi connectivity index (χ2n) is 12.2. The molecule has 10 atom stereocenters. The molecule has 4 saturated carbocycles. The number of hydrogen-bond acceptors (Lipinski definition) is 4. The fraction of sp³-hybridized carbons (Fsp3) is 0.962. The van der Waals surface area contributed by atoms with Gasteiger partial charge in [0.1, 0.15) is 7.77 Å². The van der Waals surface area contributed by atoms with Crippen LogP contribution in [0.5, 0.6) is 0 Å². The van der Waals surface area contributed by atoms with Crippen molar-refractivity contribution in [2.24, 2.45) is 46.3 Å². The van der Waals surface area contributed by atoms with Gasteiger partial charge in [-0.3, -0.25) is 4.79 Å². The van der Waals surface area contributed by atoms with Crippen molar-refractivity contribution in [3.05, 3.63) is 0 Å². The Labute approximate surface area is 212 Å². The van der Waals surface area contributed by atoms with Gasteiger partial charge in [0.05, 0.1) is 12.2 Å². The number of alkyl halides is 3. The highest BCUT2D eigenvalue weighted by atomic mass is 32.2. The molecule has 0 aromatic carbocycles. The number of halogens is 3. The Bertz CT molecular complexity index is 824. The van der Waals surface area contributed by atoms with Crippen LogP contribution in [0.15, 0.2) is 0 Å². The van der Waals surface area contributed by atoms with Gasteiger partial charge in [-0.15, -0.1) is 0 Å². The van der Waals surface area contributed by atoms with Crippen molar-refractivity contribution in [1.82, 2.24) is 0 Å². The summed E-state index contributed by atoms with van der Waals surface area (Å²) in [5.74, 6) is 0.488. The molecule has 1 N–H and O–H groups in total. The number of fused-ring (bicyclic) bond motifs is 5. The highest BCUT2D eigenvalue weighted by Gasteiger charge is 2.62. The molecule has 7 unspecified atom stereocenters. The van der Waals surface area contributed by atoms with Crippen LogP contribution in [-0.2, 0) is 8.98 Å². The topological polar surface area (TPSA) is 46.5 Å². The molecule has 4 fully saturated rings. The third-order valence-electron chi connectivity index (χ3n) is 10.8. The molecule has 0 heterocycles. The number of ketones is 1. The van der Waals surface area contributed by atoms with Crippen LogP contribution in [0.3, 0.4) is 0 Å². The van der Waals surface area contributed by atoms with E-state index in [0.29, 0.717) is 29.3 Å². The number of hydrogen-bond donors (Lipinski definition) is 1. The maximum Gasteiger partial charge on any atom is 0.449 e. The van der Waals surface area contributed by atoms with E-state index < -0.39 is 26.2 Å². The van der Waals surface area contributed by atoms with Crippen LogP contribution in [0.1, 0.15) is 85.0 Å². The van der Waals surface area contributed by atoms with Gasteiger partial charge < -0.3 is 9.29 Å². The SMILES string of the molecule is [2H]B([3H])CSO[C@@H]1CCC2(C)C3CCC4(C)C(C(C)CCC(=O)C(F)(F)F)CCC4C3C[C@H](O[3H])[C@@H]2C1. The van der Waals surface area contributed by atoms with Gasteiger partial charge in [0.15, 0.2) is 0 Å². The minimum absolute atomic E-state index is 0.0532. The van der Waals surface area contributed by atoms with Crippen molar-refractivity contribution in [1.29, 1.82) is 4.10 Å². The van der Waals surface area contributed by atoms with Crippen molar-refractivity contribution in [3.63, 3.8) is 0 Å². The van der Waals surface area contributed by atoms with Crippen LogP contribution in [0.4, 0.5) is 13.2 Å². The molecule has 0 radical (unpaired) electrons. The molecule has 3 nitrogen and oxygen atoms in total. The average molecular weight is 508 g/mol. The van der Waals surface area contributed by atoms with Crippen LogP contribution >= 0.6 is 12.0 Å². The van der Waals surface area contributed by atoms with Crippen LogP contribution in [0.2, 0.25) is 0 Å². The highest BCUT2D eigenvalue weighted by molar-refractivity contribution is 7.95. The normalized spacial score (nSPS) is 46.3. The van der Waals surface area contributed by atoms with Crippen LogP contribution in [0.25, 0.3) is 0 Å². The van der Waals surface area contributed by atoms with Crippen molar-refractivity contribution in [2.45, 2.75) is 103 Å². The summed E-state index contributed by atoms with van der Waals surface area (Å²) in [6.07, 6.45) is 2.89. The Balaban J connectivity index is 1.45. The predicted molar refractivity (Wildman–Crippen MR) is 132 cm³/mol. The summed E-state index contributed by atoms with van der Waals surface area (Å²) < 4.78 is 67.0. The fourth-order valence-corrected chi connectivity index (χ4v) is 9.58. The minimum Gasteiger partial charge on any atom is -0.393 e. The molecule has 4 aliphatic carbocycles. The van der Waals surface area contributed by atoms with E-state index in [1.165, 1.54) is 12.0 Å². The van der Waals surface area contributed by atoms with Gasteiger partial charge in [0.2, 0.25) is 7.21 Å². The minimum atomic E-state index is -4.74. The van der Waals surface area contributed by atoms with Crippen molar-refractivity contribution >= 4 is 25.6 Å². The molecule has 0 aliphatic heterocycles. The lowest BCUT2D eigenvalue weighted by Gasteiger charge is -2.62. The van der Waals surface area contributed by atoms with Crippen LogP contribution < -0.4 is 0 Å². The zero-order chi connectivity index (χ0) is 27.2. The zero-order valence-electron chi connectivity index (χ0n) is 23.7. The summed E-state index contributed by atoms with van der Waals surface area (Å²) in [4.78, 5) is 11.5. The van der Waals surface area contributed by atoms with E-state index in [1.54, 1.807) is 0 Å². The fourth-order valence-electron chi connectivity index (χ4n) is 9.13. The third kappa shape index (κ3) is 4.74. The van der Waals surface area contributed by atoms with E-state index in [9.17, 15) is 18.0 Å². The quantitative estimate of drug-likeness (QED) is 0.317. The molecule has 34 heavy (non-hydrogen) atoms. The molecule has 194 valence electrons. The molecule has 0 aromatic heterocycles. The number of Topliss-reactive ketones (excluding diaryl/α,β-unsaturated/α-hetero) is 1. The predicted octanol–water partition coefficient (Wildman–Crippen LogP) is 5.79. The largest absolute Gasteiger partial charge is 0.449 e. The first-order chi connectivity index (χ1) is 17.3. The maximum atomic E-state index is 12.8. The van der Waals surface area contributed by atoms with Crippen molar-refractivity contribution in [3.8, 4) is 0 Å². The maximum absolute atomic E-state index is 12.8. The van der Waals surface area contributed by atoms with E-state index >= 15 is 0 Å². The van der Waals surface area contributed by atoms with Crippen molar-refractivity contribution < 1.29 is 27.3 Å². The van der Waals surface area contributed by atoms with E-state index in [0.717, 1.165) is 51.4 Å². The molecule has 0 aromatic rings. The summed E-state index contributed by atoms with van der Waals surface area (Å²) in [6.45, 7) is 6.76. The smallest absolute Gasteiger partial charge is 0.393 e. The second kappa shape index (κ2) is 9.93. The van der Waals surface area contributed by atoms with Crippen LogP contribution in [0, 0.1) is 46.3 Å². The number of carbonyl (C=O) groups is 1. The third-order valence-corrected chi connectivity index (χ3v) is 11.3. The van der Waals surface area contributed by atoms with Gasteiger partial charge in [-0.2, -0.15) is 13.2 Å². The Morgan fingerprint density at radius 2 is 1.97 bits per heavy atom. The number of aliphatic hydroxyl groups excluding tert-OH is 1. The standard InChI is InChI=1S/C26H42BF3O3S/c1-15(4-7-23(32)26(28,29)30)18-5-6-19-17-13-22(31)21-12-16(33-34-14-27)8-10-25(21,3)20(17)9-11-24(18,19)2/h15-22,31H,4-14,27H2,1-3H3/t15?,16-,17?,18?,19?,20?,21+,22+,24?,25?/m1/s1/i27TD,31T. The number of rotatable bonds is 9. The lowest BCUT2D eigenvalue weighted by Crippen LogP contribution is -2.58. The zero-order valence-corrected chi connectivity index (χ0v) is 21.6. The summed E-state index contributed by atoms with van der Waals surface area (Å²) in [7, 11) is -0.904. The highest BCUT2D eigenvalue weighted by Crippen LogP contribution is 2.68. The van der Waals surface area contributed by atoms with Gasteiger partial charge in [0, 0.05) is 6.42 Å². The molecule has 4 aliphatic rings. The Kier molecular flexibility index (Phi) is 6.70. The molecular formula is C26H42BF3O3S. The van der Waals surface area contributed by atoms with E-state index in [1.807, 2.05) is 6.92 Å². The molecular weight excluding hydrogens is 460 g/mol. The second-order valence-corrected chi connectivity index (χ2v) is 13.0. The van der Waals surface area contributed by atoms with Gasteiger partial charge in [0.25, 0.3) is 0 Å². The number of carbonyl (C=O) groups excluding carboxylic acids is 1. The molecule has 4 rings (SSSR count). The summed E-state index contributed by atoms with van der Waals surface area (Å²) >= 11 is 1.21. The van der Waals surface area contributed by atoms with E-state index in [-0.39, 0.29) is 41.3 Å². The van der Waals surface area contributed by atoms with Crippen LogP contribution in [-0.4, -0.2) is 46.8 Å². The molecule has 0 saturated heterocycles. The molecule has 0 spiro atoms. The Morgan fingerprint density at radius 1 is 1.24 bits per heavy atom. The summed E-state index contributed by atoms with van der Waals surface area (Å²) in [5, 5.41) is 5.40. The lowest BCUT2D eigenvalue weighted by molar-refractivity contribution is -0.172. The first-order valence-corrected chi connectivity index (χ1v) is 14.1. The van der Waals surface area contributed by atoms with Gasteiger partial charge in [-0.05, 0) is 124 Å². The first kappa shape index (κ1) is 23.0. The Hall–Kier alpha value is -0.205. The molecule has 0 amide bonds.